The average molecular weight is 481 g/mol. The van der Waals surface area contributed by atoms with Crippen molar-refractivity contribution in [3.05, 3.63) is 49.0 Å². The molecular formula is C28H48O6. The zero-order valence-electron chi connectivity index (χ0n) is 21.8. The summed E-state index contributed by atoms with van der Waals surface area (Å²) in [5.74, 6) is 0. The molecule has 2 unspecified atom stereocenters. The summed E-state index contributed by atoms with van der Waals surface area (Å²) in [5, 5.41) is 21.3. The highest BCUT2D eigenvalue weighted by Crippen LogP contribution is 2.23. The van der Waals surface area contributed by atoms with Crippen molar-refractivity contribution in [2.24, 2.45) is 0 Å². The van der Waals surface area contributed by atoms with Crippen molar-refractivity contribution in [3.8, 4) is 0 Å². The molecule has 34 heavy (non-hydrogen) atoms. The van der Waals surface area contributed by atoms with Gasteiger partial charge in [-0.2, -0.15) is 0 Å². The maximum atomic E-state index is 10.6. The third-order valence-corrected chi connectivity index (χ3v) is 5.68. The van der Waals surface area contributed by atoms with Crippen molar-refractivity contribution in [1.29, 1.82) is 0 Å². The molecule has 0 saturated carbocycles. The van der Waals surface area contributed by atoms with Gasteiger partial charge in [-0.05, 0) is 90.5 Å². The molecule has 0 amide bonds. The minimum Gasteiger partial charge on any atom is -0.499 e. The first-order valence-corrected chi connectivity index (χ1v) is 12.9. The van der Waals surface area contributed by atoms with E-state index in [1.54, 1.807) is 36.8 Å². The van der Waals surface area contributed by atoms with Gasteiger partial charge in [0.05, 0.1) is 37.9 Å². The number of unbranched alkanes of at least 4 members (excludes halogenated alkanes) is 4. The van der Waals surface area contributed by atoms with E-state index in [0.29, 0.717) is 13.2 Å². The van der Waals surface area contributed by atoms with Crippen molar-refractivity contribution in [2.75, 3.05) is 26.4 Å². The molecule has 0 bridgehead atoms. The van der Waals surface area contributed by atoms with Crippen LogP contribution in [0.5, 0.6) is 0 Å². The Morgan fingerprint density at radius 1 is 0.647 bits per heavy atom. The van der Waals surface area contributed by atoms with Crippen LogP contribution in [0.3, 0.4) is 0 Å². The molecule has 0 spiro atoms. The summed E-state index contributed by atoms with van der Waals surface area (Å²) in [4.78, 5) is 0. The molecule has 0 radical (unpaired) electrons. The van der Waals surface area contributed by atoms with Crippen molar-refractivity contribution < 1.29 is 29.2 Å². The molecule has 6 heteroatoms. The largest absolute Gasteiger partial charge is 0.499 e. The molecule has 1 aliphatic rings. The van der Waals surface area contributed by atoms with E-state index in [9.17, 15) is 10.2 Å². The van der Waals surface area contributed by atoms with E-state index in [4.69, 9.17) is 18.9 Å². The van der Waals surface area contributed by atoms with Crippen LogP contribution < -0.4 is 0 Å². The quantitative estimate of drug-likeness (QED) is 0.134. The number of rotatable bonds is 20. The van der Waals surface area contributed by atoms with Gasteiger partial charge < -0.3 is 29.2 Å². The first-order chi connectivity index (χ1) is 16.3. The average Bonchev–Trinajstić information content (AvgIpc) is 2.82. The summed E-state index contributed by atoms with van der Waals surface area (Å²) in [7, 11) is 0. The Morgan fingerprint density at radius 3 is 1.38 bits per heavy atom. The molecule has 0 fully saturated rings. The Bertz CT molecular complexity index is 558. The van der Waals surface area contributed by atoms with E-state index in [0.717, 1.165) is 51.4 Å². The fraction of sp³-hybridized carbons (Fsp3) is 0.714. The third kappa shape index (κ3) is 14.6. The number of ether oxygens (including phenoxy) is 4. The monoisotopic (exact) mass is 480 g/mol. The van der Waals surface area contributed by atoms with Gasteiger partial charge in [0.25, 0.3) is 0 Å². The van der Waals surface area contributed by atoms with Crippen molar-refractivity contribution in [1.82, 2.24) is 0 Å². The highest BCUT2D eigenvalue weighted by molar-refractivity contribution is 5.29. The fourth-order valence-electron chi connectivity index (χ4n) is 3.54. The van der Waals surface area contributed by atoms with Crippen LogP contribution in [0.15, 0.2) is 49.0 Å². The number of allylic oxidation sites excluding steroid dienone is 2. The summed E-state index contributed by atoms with van der Waals surface area (Å²) in [6.45, 7) is 9.58. The minimum absolute atomic E-state index is 0.175. The van der Waals surface area contributed by atoms with Crippen LogP contribution >= 0.6 is 0 Å². The van der Waals surface area contributed by atoms with Crippen LogP contribution in [-0.4, -0.2) is 60.1 Å². The van der Waals surface area contributed by atoms with Crippen LogP contribution in [0.25, 0.3) is 0 Å². The van der Waals surface area contributed by atoms with E-state index in [1.807, 2.05) is 26.0 Å². The molecule has 0 aromatic rings. The van der Waals surface area contributed by atoms with Crippen LogP contribution in [0.2, 0.25) is 0 Å². The van der Waals surface area contributed by atoms with Crippen LogP contribution in [0.4, 0.5) is 0 Å². The Morgan fingerprint density at radius 2 is 1.03 bits per heavy atom. The first kappa shape index (κ1) is 30.4. The van der Waals surface area contributed by atoms with E-state index in [-0.39, 0.29) is 25.4 Å². The lowest BCUT2D eigenvalue weighted by atomic mass is 9.90. The normalized spacial score (nSPS) is 24.2. The molecule has 2 N–H and O–H groups in total. The number of hydrogen-bond acceptors (Lipinski definition) is 6. The second kappa shape index (κ2) is 17.8. The predicted octanol–water partition coefficient (Wildman–Crippen LogP) is 5.61. The lowest BCUT2D eigenvalue weighted by Gasteiger charge is -2.30. The molecule has 6 nitrogen and oxygen atoms in total. The van der Waals surface area contributed by atoms with E-state index >= 15 is 0 Å². The van der Waals surface area contributed by atoms with Gasteiger partial charge in [0.15, 0.2) is 0 Å². The fourth-order valence-corrected chi connectivity index (χ4v) is 3.54. The molecule has 0 aromatic heterocycles. The van der Waals surface area contributed by atoms with Crippen LogP contribution in [0, 0.1) is 0 Å². The zero-order chi connectivity index (χ0) is 25.1. The van der Waals surface area contributed by atoms with Gasteiger partial charge >= 0.3 is 0 Å². The summed E-state index contributed by atoms with van der Waals surface area (Å²) >= 11 is 0. The SMILES string of the molecule is CC=COC(C)CCCCCOCC1(O)C=CC(O)(COCCCCCC(C)OC=CC)C=C1. The van der Waals surface area contributed by atoms with Crippen LogP contribution in [-0.2, 0) is 18.9 Å². The molecule has 2 atom stereocenters. The molecule has 1 aliphatic carbocycles. The lowest BCUT2D eigenvalue weighted by molar-refractivity contribution is -0.00542. The molecule has 0 aliphatic heterocycles. The van der Waals surface area contributed by atoms with Gasteiger partial charge in [0, 0.05) is 13.2 Å². The van der Waals surface area contributed by atoms with Gasteiger partial charge in [-0.25, -0.2) is 0 Å². The predicted molar refractivity (Wildman–Crippen MR) is 137 cm³/mol. The van der Waals surface area contributed by atoms with Crippen molar-refractivity contribution >= 4 is 0 Å². The smallest absolute Gasteiger partial charge is 0.124 e. The Kier molecular flexibility index (Phi) is 15.9. The van der Waals surface area contributed by atoms with E-state index < -0.39 is 11.2 Å². The first-order valence-electron chi connectivity index (χ1n) is 12.9. The van der Waals surface area contributed by atoms with E-state index in [1.165, 1.54) is 0 Å². The molecule has 1 rings (SSSR count). The van der Waals surface area contributed by atoms with Gasteiger partial charge in [0.2, 0.25) is 0 Å². The highest BCUT2D eigenvalue weighted by Gasteiger charge is 2.31. The Labute approximate surface area is 207 Å². The second-order valence-electron chi connectivity index (χ2n) is 9.29. The number of aliphatic hydroxyl groups is 2. The summed E-state index contributed by atoms with van der Waals surface area (Å²) in [6, 6.07) is 0. The van der Waals surface area contributed by atoms with Crippen LogP contribution in [0.1, 0.15) is 79.1 Å². The molecule has 0 saturated heterocycles. The second-order valence-corrected chi connectivity index (χ2v) is 9.29. The zero-order valence-corrected chi connectivity index (χ0v) is 21.8. The third-order valence-electron chi connectivity index (χ3n) is 5.68. The summed E-state index contributed by atoms with van der Waals surface area (Å²) in [6.07, 6.45) is 22.3. The standard InChI is InChI=1S/C28H48O6/c1-5-19-33-25(3)13-9-7-11-21-31-23-27(29)15-17-28(30,18-16-27)24-32-22-12-8-10-14-26(4)34-20-6-2/h5-6,15-20,25-26,29-30H,7-14,21-24H2,1-4H3. The topological polar surface area (TPSA) is 77.4 Å². The number of hydrogen-bond donors (Lipinski definition) is 2. The Balaban J connectivity index is 2.11. The molecule has 196 valence electrons. The summed E-state index contributed by atoms with van der Waals surface area (Å²) < 4.78 is 22.3. The van der Waals surface area contributed by atoms with Crippen molar-refractivity contribution in [3.63, 3.8) is 0 Å². The highest BCUT2D eigenvalue weighted by atomic mass is 16.5. The molecule has 0 heterocycles. The van der Waals surface area contributed by atoms with Gasteiger partial charge in [-0.3, -0.25) is 0 Å². The van der Waals surface area contributed by atoms with Crippen molar-refractivity contribution in [2.45, 2.75) is 102 Å². The molecule has 0 aromatic carbocycles. The summed E-state index contributed by atoms with van der Waals surface area (Å²) in [5.41, 5.74) is -2.38. The lowest BCUT2D eigenvalue weighted by Crippen LogP contribution is -2.39. The van der Waals surface area contributed by atoms with Gasteiger partial charge in [-0.15, -0.1) is 0 Å². The van der Waals surface area contributed by atoms with Gasteiger partial charge in [-0.1, -0.05) is 25.0 Å². The maximum Gasteiger partial charge on any atom is 0.124 e. The van der Waals surface area contributed by atoms with E-state index in [2.05, 4.69) is 13.8 Å². The Hall–Kier alpha value is -1.60. The minimum atomic E-state index is -1.19. The maximum absolute atomic E-state index is 10.6. The van der Waals surface area contributed by atoms with Gasteiger partial charge in [0.1, 0.15) is 11.2 Å². The molecular weight excluding hydrogens is 432 g/mol.